The first kappa shape index (κ1) is 16.8. The van der Waals surface area contributed by atoms with E-state index < -0.39 is 30.1 Å². The van der Waals surface area contributed by atoms with Crippen LogP contribution < -0.4 is 10.6 Å². The summed E-state index contributed by atoms with van der Waals surface area (Å²) in [7, 11) is 0. The number of benzene rings is 1. The van der Waals surface area contributed by atoms with E-state index in [1.54, 1.807) is 0 Å². The van der Waals surface area contributed by atoms with E-state index in [4.69, 9.17) is 9.47 Å². The van der Waals surface area contributed by atoms with Gasteiger partial charge >= 0.3 is 12.1 Å². The molecule has 1 aromatic rings. The zero-order chi connectivity index (χ0) is 16.7. The minimum atomic E-state index is -0.951. The molecule has 2 atom stereocenters. The average molecular weight is 320 g/mol. The van der Waals surface area contributed by atoms with Crippen LogP contribution in [0.1, 0.15) is 25.3 Å². The molecule has 1 saturated heterocycles. The van der Waals surface area contributed by atoms with Gasteiger partial charge in [-0.2, -0.15) is 0 Å². The second-order valence-corrected chi connectivity index (χ2v) is 5.19. The maximum absolute atomic E-state index is 11.8. The highest BCUT2D eigenvalue weighted by atomic mass is 16.5. The van der Waals surface area contributed by atoms with Gasteiger partial charge in [-0.15, -0.1) is 0 Å². The Labute approximate surface area is 134 Å². The number of ether oxygens (including phenoxy) is 2. The molecule has 124 valence electrons. The summed E-state index contributed by atoms with van der Waals surface area (Å²) in [5.74, 6) is -0.981. The lowest BCUT2D eigenvalue weighted by molar-refractivity contribution is -0.155. The number of esters is 1. The van der Waals surface area contributed by atoms with E-state index in [1.807, 2.05) is 37.3 Å². The fourth-order valence-corrected chi connectivity index (χ4v) is 2.02. The normalized spacial score (nSPS) is 19.3. The van der Waals surface area contributed by atoms with E-state index in [1.165, 1.54) is 0 Å². The highest BCUT2D eigenvalue weighted by Crippen LogP contribution is 2.10. The molecule has 1 aromatic carbocycles. The molecule has 0 saturated carbocycles. The molecule has 0 radical (unpaired) electrons. The van der Waals surface area contributed by atoms with Crippen molar-refractivity contribution in [2.24, 2.45) is 0 Å². The smallest absolute Gasteiger partial charge is 0.408 e. The number of rotatable bonds is 7. The van der Waals surface area contributed by atoms with E-state index >= 15 is 0 Å². The molecule has 2 N–H and O–H groups in total. The van der Waals surface area contributed by atoms with Crippen molar-refractivity contribution in [3.05, 3.63) is 35.9 Å². The van der Waals surface area contributed by atoms with Crippen LogP contribution in [0.2, 0.25) is 0 Å². The zero-order valence-electron chi connectivity index (χ0n) is 12.9. The second kappa shape index (κ2) is 8.17. The lowest BCUT2D eigenvalue weighted by Gasteiger charge is -2.34. The minimum absolute atomic E-state index is 0.0899. The number of nitrogens with one attached hydrogen (secondary N) is 2. The Morgan fingerprint density at radius 2 is 1.96 bits per heavy atom. The molecule has 1 aliphatic heterocycles. The Morgan fingerprint density at radius 1 is 1.22 bits per heavy atom. The predicted octanol–water partition coefficient (Wildman–Crippen LogP) is 1.12. The van der Waals surface area contributed by atoms with Gasteiger partial charge in [0.05, 0.1) is 6.61 Å². The van der Waals surface area contributed by atoms with Gasteiger partial charge in [0.2, 0.25) is 5.91 Å². The summed E-state index contributed by atoms with van der Waals surface area (Å²) in [5, 5.41) is 4.80. The molecule has 0 bridgehead atoms. The number of hydrogen-bond acceptors (Lipinski definition) is 5. The van der Waals surface area contributed by atoms with E-state index in [0.29, 0.717) is 6.61 Å². The van der Waals surface area contributed by atoms with Crippen molar-refractivity contribution in [1.82, 2.24) is 10.6 Å². The summed E-state index contributed by atoms with van der Waals surface area (Å²) in [6.45, 7) is 2.37. The van der Waals surface area contributed by atoms with Crippen LogP contribution in [0.25, 0.3) is 0 Å². The van der Waals surface area contributed by atoms with Crippen LogP contribution >= 0.6 is 0 Å². The van der Waals surface area contributed by atoms with Crippen LogP contribution in [0.3, 0.4) is 0 Å². The van der Waals surface area contributed by atoms with Gasteiger partial charge in [0, 0.05) is 0 Å². The van der Waals surface area contributed by atoms with Crippen LogP contribution in [0.4, 0.5) is 4.79 Å². The molecule has 7 heteroatoms. The van der Waals surface area contributed by atoms with Crippen LogP contribution in [-0.4, -0.2) is 36.7 Å². The summed E-state index contributed by atoms with van der Waals surface area (Å²) in [6.07, 6.45) is 0.904. The number of alkyl carbamates (subject to hydrolysis) is 1. The standard InChI is InChI=1S/C16H20N2O5/c1-2-3-9-22-15(20)13-12(14(19)17-13)18-16(21)23-10-11-7-5-4-6-8-11/h4-8,12-13H,2-3,9-10H2,1H3,(H,17,19)(H,18,21). The van der Waals surface area contributed by atoms with E-state index in [2.05, 4.69) is 10.6 Å². The quantitative estimate of drug-likeness (QED) is 0.446. The molecule has 0 aromatic heterocycles. The second-order valence-electron chi connectivity index (χ2n) is 5.19. The van der Waals surface area contributed by atoms with Crippen molar-refractivity contribution in [3.63, 3.8) is 0 Å². The minimum Gasteiger partial charge on any atom is -0.464 e. The molecule has 0 aliphatic carbocycles. The van der Waals surface area contributed by atoms with Crippen molar-refractivity contribution in [3.8, 4) is 0 Å². The van der Waals surface area contributed by atoms with Gasteiger partial charge in [-0.1, -0.05) is 43.7 Å². The van der Waals surface area contributed by atoms with Crippen LogP contribution in [0.5, 0.6) is 0 Å². The third kappa shape index (κ3) is 4.70. The Kier molecular flexibility index (Phi) is 5.96. The van der Waals surface area contributed by atoms with E-state index in [9.17, 15) is 14.4 Å². The molecule has 7 nitrogen and oxygen atoms in total. The van der Waals surface area contributed by atoms with Gasteiger partial charge in [0.25, 0.3) is 0 Å². The van der Waals surface area contributed by atoms with Crippen LogP contribution in [-0.2, 0) is 25.7 Å². The fraction of sp³-hybridized carbons (Fsp3) is 0.438. The van der Waals surface area contributed by atoms with Gasteiger partial charge in [-0.3, -0.25) is 4.79 Å². The fourth-order valence-electron chi connectivity index (χ4n) is 2.02. The Balaban J connectivity index is 1.77. The lowest BCUT2D eigenvalue weighted by atomic mass is 9.99. The summed E-state index contributed by atoms with van der Waals surface area (Å²) < 4.78 is 10.1. The number of hydrogen-bond donors (Lipinski definition) is 2. The number of carbonyl (C=O) groups is 3. The maximum Gasteiger partial charge on any atom is 0.408 e. The monoisotopic (exact) mass is 320 g/mol. The molecule has 2 rings (SSSR count). The van der Waals surface area contributed by atoms with Crippen LogP contribution in [0, 0.1) is 0 Å². The SMILES string of the molecule is CCCCOC(=O)C1NC(=O)C1NC(=O)OCc1ccccc1. The summed E-state index contributed by atoms with van der Waals surface area (Å²) in [6, 6.07) is 7.35. The number of β-lactam (4-membered cyclic amide) rings is 1. The summed E-state index contributed by atoms with van der Waals surface area (Å²) in [5.41, 5.74) is 0.830. The third-order valence-electron chi connectivity index (χ3n) is 3.40. The van der Waals surface area contributed by atoms with Gasteiger partial charge in [0.1, 0.15) is 12.6 Å². The molecule has 0 spiro atoms. The van der Waals surface area contributed by atoms with Gasteiger partial charge in [-0.05, 0) is 12.0 Å². The predicted molar refractivity (Wildman–Crippen MR) is 81.3 cm³/mol. The van der Waals surface area contributed by atoms with Crippen molar-refractivity contribution in [2.45, 2.75) is 38.5 Å². The Morgan fingerprint density at radius 3 is 2.61 bits per heavy atom. The third-order valence-corrected chi connectivity index (χ3v) is 3.40. The van der Waals surface area contributed by atoms with Crippen molar-refractivity contribution < 1.29 is 23.9 Å². The molecule has 1 heterocycles. The lowest BCUT2D eigenvalue weighted by Crippen LogP contribution is -2.72. The van der Waals surface area contributed by atoms with Gasteiger partial charge in [0.15, 0.2) is 6.04 Å². The maximum atomic E-state index is 11.8. The van der Waals surface area contributed by atoms with Gasteiger partial charge < -0.3 is 20.1 Å². The molecule has 2 amide bonds. The topological polar surface area (TPSA) is 93.7 Å². The van der Waals surface area contributed by atoms with Crippen molar-refractivity contribution >= 4 is 18.0 Å². The number of carbonyl (C=O) groups excluding carboxylic acids is 3. The Bertz CT molecular complexity index is 561. The highest BCUT2D eigenvalue weighted by Gasteiger charge is 2.46. The molecule has 23 heavy (non-hydrogen) atoms. The molecular formula is C16H20N2O5. The van der Waals surface area contributed by atoms with E-state index in [-0.39, 0.29) is 6.61 Å². The van der Waals surface area contributed by atoms with Crippen molar-refractivity contribution in [2.75, 3.05) is 6.61 Å². The largest absolute Gasteiger partial charge is 0.464 e. The van der Waals surface area contributed by atoms with Gasteiger partial charge in [-0.25, -0.2) is 9.59 Å². The molecule has 2 unspecified atom stereocenters. The summed E-state index contributed by atoms with van der Waals surface area (Å²) in [4.78, 5) is 35.0. The first-order valence-electron chi connectivity index (χ1n) is 7.56. The van der Waals surface area contributed by atoms with Crippen molar-refractivity contribution in [1.29, 1.82) is 0 Å². The Hall–Kier alpha value is -2.57. The number of unbranched alkanes of at least 4 members (excludes halogenated alkanes) is 1. The zero-order valence-corrected chi connectivity index (χ0v) is 12.9. The number of amides is 2. The van der Waals surface area contributed by atoms with Crippen LogP contribution in [0.15, 0.2) is 30.3 Å². The average Bonchev–Trinajstić information content (AvgIpc) is 2.56. The molecule has 1 fully saturated rings. The molecular weight excluding hydrogens is 300 g/mol. The summed E-state index contributed by atoms with van der Waals surface area (Å²) >= 11 is 0. The first-order valence-corrected chi connectivity index (χ1v) is 7.56. The highest BCUT2D eigenvalue weighted by molar-refractivity contribution is 6.01. The van der Waals surface area contributed by atoms with E-state index in [0.717, 1.165) is 18.4 Å². The first-order chi connectivity index (χ1) is 11.1. The molecule has 1 aliphatic rings.